The Morgan fingerprint density at radius 1 is 1.21 bits per heavy atom. The SMILES string of the molecule is CN(C)CC[NH+](C)CC[C@H]1CN(S(=O)(=O)c2ccccc2)CC[C@H]1CC(=O)[O-]. The van der Waals surface area contributed by atoms with Gasteiger partial charge in [0.25, 0.3) is 0 Å². The van der Waals surface area contributed by atoms with E-state index in [4.69, 9.17) is 0 Å². The fourth-order valence-electron chi connectivity index (χ4n) is 3.79. The average molecular weight is 412 g/mol. The minimum absolute atomic E-state index is 0.000632. The molecule has 1 aliphatic rings. The zero-order chi connectivity index (χ0) is 20.7. The predicted octanol–water partition coefficient (Wildman–Crippen LogP) is -1.08. The molecule has 7 nitrogen and oxygen atoms in total. The van der Waals surface area contributed by atoms with Crippen LogP contribution < -0.4 is 10.0 Å². The van der Waals surface area contributed by atoms with E-state index in [1.54, 1.807) is 30.3 Å². The molecule has 1 N–H and O–H groups in total. The molecule has 158 valence electrons. The third-order valence-corrected chi connectivity index (χ3v) is 7.47. The molecule has 8 heteroatoms. The predicted molar refractivity (Wildman–Crippen MR) is 106 cm³/mol. The number of nitrogens with one attached hydrogen (secondary N) is 1. The van der Waals surface area contributed by atoms with Crippen molar-refractivity contribution in [2.75, 3.05) is 53.9 Å². The Bertz CT molecular complexity index is 724. The lowest BCUT2D eigenvalue weighted by Gasteiger charge is -2.38. The fraction of sp³-hybridized carbons (Fsp3) is 0.650. The largest absolute Gasteiger partial charge is 0.550 e. The molecule has 28 heavy (non-hydrogen) atoms. The second kappa shape index (κ2) is 10.3. The minimum atomic E-state index is -3.55. The maximum Gasteiger partial charge on any atom is 0.243 e. The second-order valence-electron chi connectivity index (χ2n) is 8.11. The monoisotopic (exact) mass is 411 g/mol. The van der Waals surface area contributed by atoms with Gasteiger partial charge in [-0.05, 0) is 50.9 Å². The Morgan fingerprint density at radius 2 is 1.89 bits per heavy atom. The number of likely N-dealkylation sites (N-methyl/N-ethyl adjacent to an activating group) is 2. The zero-order valence-corrected chi connectivity index (χ0v) is 18.0. The van der Waals surface area contributed by atoms with E-state index in [2.05, 4.69) is 11.9 Å². The molecule has 1 fully saturated rings. The quantitative estimate of drug-likeness (QED) is 0.529. The van der Waals surface area contributed by atoms with Crippen LogP contribution in [0.3, 0.4) is 0 Å². The molecule has 0 radical (unpaired) electrons. The van der Waals surface area contributed by atoms with Gasteiger partial charge >= 0.3 is 0 Å². The van der Waals surface area contributed by atoms with Crippen LogP contribution in [0.1, 0.15) is 19.3 Å². The second-order valence-corrected chi connectivity index (χ2v) is 10.0. The number of rotatable bonds is 10. The van der Waals surface area contributed by atoms with Gasteiger partial charge in [-0.15, -0.1) is 0 Å². The van der Waals surface area contributed by atoms with Crippen molar-refractivity contribution < 1.29 is 23.2 Å². The lowest BCUT2D eigenvalue weighted by molar-refractivity contribution is -0.879. The van der Waals surface area contributed by atoms with Crippen LogP contribution in [0, 0.1) is 11.8 Å². The maximum atomic E-state index is 13.0. The molecule has 0 aliphatic carbocycles. The smallest absolute Gasteiger partial charge is 0.243 e. The molecule has 1 saturated heterocycles. The first kappa shape index (κ1) is 22.8. The molecule has 2 rings (SSSR count). The van der Waals surface area contributed by atoms with Crippen LogP contribution >= 0.6 is 0 Å². The Morgan fingerprint density at radius 3 is 2.50 bits per heavy atom. The summed E-state index contributed by atoms with van der Waals surface area (Å²) < 4.78 is 27.4. The van der Waals surface area contributed by atoms with Crippen molar-refractivity contribution in [1.82, 2.24) is 9.21 Å². The first-order chi connectivity index (χ1) is 13.2. The lowest BCUT2D eigenvalue weighted by Crippen LogP contribution is -3.09. The summed E-state index contributed by atoms with van der Waals surface area (Å²) in [6, 6.07) is 8.44. The van der Waals surface area contributed by atoms with Gasteiger partial charge in [-0.2, -0.15) is 4.31 Å². The van der Waals surface area contributed by atoms with Gasteiger partial charge in [0.05, 0.1) is 25.0 Å². The van der Waals surface area contributed by atoms with Gasteiger partial charge in [0.15, 0.2) is 0 Å². The molecule has 0 bridgehead atoms. The highest BCUT2D eigenvalue weighted by atomic mass is 32.2. The third-order valence-electron chi connectivity index (χ3n) is 5.59. The molecule has 0 aromatic heterocycles. The Balaban J connectivity index is 2.06. The highest BCUT2D eigenvalue weighted by molar-refractivity contribution is 7.89. The van der Waals surface area contributed by atoms with Crippen molar-refractivity contribution in [1.29, 1.82) is 0 Å². The van der Waals surface area contributed by atoms with E-state index in [1.807, 2.05) is 14.1 Å². The summed E-state index contributed by atoms with van der Waals surface area (Å²) >= 11 is 0. The van der Waals surface area contributed by atoms with Crippen LogP contribution in [0.4, 0.5) is 0 Å². The van der Waals surface area contributed by atoms with Gasteiger partial charge in [0.1, 0.15) is 0 Å². The van der Waals surface area contributed by atoms with Crippen molar-refractivity contribution in [2.45, 2.75) is 24.2 Å². The molecular weight excluding hydrogens is 378 g/mol. The summed E-state index contributed by atoms with van der Waals surface area (Å²) in [6.07, 6.45) is 1.36. The first-order valence-electron chi connectivity index (χ1n) is 9.91. The molecule has 0 saturated carbocycles. The number of sulfonamides is 1. The number of aliphatic carboxylic acids is 1. The highest BCUT2D eigenvalue weighted by Gasteiger charge is 2.35. The van der Waals surface area contributed by atoms with E-state index in [0.29, 0.717) is 24.4 Å². The number of carboxylic acid groups (broad SMARTS) is 1. The summed E-state index contributed by atoms with van der Waals surface area (Å²) in [6.45, 7) is 3.59. The van der Waals surface area contributed by atoms with Gasteiger partial charge in [0, 0.05) is 32.0 Å². The highest BCUT2D eigenvalue weighted by Crippen LogP contribution is 2.31. The van der Waals surface area contributed by atoms with Gasteiger partial charge in [0.2, 0.25) is 10.0 Å². The minimum Gasteiger partial charge on any atom is -0.550 e. The number of piperidine rings is 1. The van der Waals surface area contributed by atoms with Gasteiger partial charge in [-0.1, -0.05) is 18.2 Å². The molecule has 1 aliphatic heterocycles. The molecule has 1 heterocycles. The summed E-state index contributed by atoms with van der Waals surface area (Å²) in [7, 11) is 2.65. The lowest BCUT2D eigenvalue weighted by atomic mass is 9.82. The van der Waals surface area contributed by atoms with E-state index in [0.717, 1.165) is 26.1 Å². The normalized spacial score (nSPS) is 22.3. The number of benzene rings is 1. The van der Waals surface area contributed by atoms with Crippen molar-refractivity contribution >= 4 is 16.0 Å². The molecule has 1 aromatic rings. The maximum absolute atomic E-state index is 13.0. The first-order valence-corrected chi connectivity index (χ1v) is 11.3. The Labute approximate surface area is 169 Å². The van der Waals surface area contributed by atoms with E-state index in [-0.39, 0.29) is 18.3 Å². The summed E-state index contributed by atoms with van der Waals surface area (Å²) in [5.41, 5.74) is 0. The number of hydrogen-bond donors (Lipinski definition) is 1. The molecule has 3 atom stereocenters. The zero-order valence-electron chi connectivity index (χ0n) is 17.1. The molecule has 0 amide bonds. The number of hydrogen-bond acceptors (Lipinski definition) is 5. The van der Waals surface area contributed by atoms with Crippen LogP contribution in [-0.2, 0) is 14.8 Å². The number of carboxylic acids is 1. The van der Waals surface area contributed by atoms with Crippen LogP contribution in [0.25, 0.3) is 0 Å². The van der Waals surface area contributed by atoms with Crippen LogP contribution in [0.5, 0.6) is 0 Å². The van der Waals surface area contributed by atoms with Crippen molar-refractivity contribution in [2.24, 2.45) is 11.8 Å². The van der Waals surface area contributed by atoms with E-state index >= 15 is 0 Å². The molecule has 0 spiro atoms. The summed E-state index contributed by atoms with van der Waals surface area (Å²) in [5.74, 6) is -1.06. The van der Waals surface area contributed by atoms with Crippen molar-refractivity contribution in [3.8, 4) is 0 Å². The Kier molecular flexibility index (Phi) is 8.42. The number of carbonyl (C=O) groups is 1. The van der Waals surface area contributed by atoms with Gasteiger partial charge in [-0.3, -0.25) is 0 Å². The van der Waals surface area contributed by atoms with E-state index in [9.17, 15) is 18.3 Å². The molecular formula is C20H33N3O4S. The third kappa shape index (κ3) is 6.55. The topological polar surface area (TPSA) is 85.2 Å². The standard InChI is InChI=1S/C20H33N3O4S/c1-21(2)13-14-22(3)11-9-18-16-23(12-10-17(18)15-20(24)25)28(26,27)19-7-5-4-6-8-19/h4-8,17-18H,9-16H2,1-3H3,(H,24,25)/t17-,18-/m0/s1. The van der Waals surface area contributed by atoms with Crippen LogP contribution in [0.2, 0.25) is 0 Å². The van der Waals surface area contributed by atoms with Crippen molar-refractivity contribution in [3.05, 3.63) is 30.3 Å². The summed E-state index contributed by atoms with van der Waals surface area (Å²) in [4.78, 5) is 15.0. The van der Waals surface area contributed by atoms with Crippen molar-refractivity contribution in [3.63, 3.8) is 0 Å². The number of quaternary nitrogens is 1. The van der Waals surface area contributed by atoms with E-state index in [1.165, 1.54) is 9.21 Å². The van der Waals surface area contributed by atoms with Crippen LogP contribution in [-0.4, -0.2) is 77.5 Å². The van der Waals surface area contributed by atoms with Gasteiger partial charge in [-0.25, -0.2) is 8.42 Å². The average Bonchev–Trinajstić information content (AvgIpc) is 2.65. The van der Waals surface area contributed by atoms with Gasteiger partial charge < -0.3 is 19.7 Å². The molecule has 1 unspecified atom stereocenters. The number of carbonyl (C=O) groups excluding carboxylic acids is 1. The number of nitrogens with zero attached hydrogens (tertiary/aromatic N) is 2. The van der Waals surface area contributed by atoms with E-state index < -0.39 is 16.0 Å². The van der Waals surface area contributed by atoms with Crippen LogP contribution in [0.15, 0.2) is 35.2 Å². The fourth-order valence-corrected chi connectivity index (χ4v) is 5.32. The Hall–Kier alpha value is -1.48. The summed E-state index contributed by atoms with van der Waals surface area (Å²) in [5, 5.41) is 11.2. The molecule has 1 aromatic carbocycles.